The van der Waals surface area contributed by atoms with E-state index in [1.54, 1.807) is 12.1 Å². The number of nitro groups is 1. The zero-order valence-corrected chi connectivity index (χ0v) is 15.7. The molecule has 0 heterocycles. The van der Waals surface area contributed by atoms with Gasteiger partial charge in [0, 0.05) is 12.1 Å². The lowest BCUT2D eigenvalue weighted by Crippen LogP contribution is -2.58. The summed E-state index contributed by atoms with van der Waals surface area (Å²) in [7, 11) is 0. The highest BCUT2D eigenvalue weighted by molar-refractivity contribution is 7.80. The number of nitrogens with one attached hydrogen (secondary N) is 2. The molecular formula is C19H23N3O4S. The number of para-hydroxylation sites is 2. The summed E-state index contributed by atoms with van der Waals surface area (Å²) in [5, 5.41) is 17.3. The second kappa shape index (κ2) is 7.42. The number of thiocarbonyl (C=S) groups is 1. The number of carbonyl (C=O) groups is 1. The Hall–Kier alpha value is -2.22. The molecule has 1 aromatic carbocycles. The number of hydrogen-bond donors (Lipinski definition) is 2. The molecule has 4 bridgehead atoms. The molecule has 1 aromatic rings. The number of nitrogens with zero attached hydrogens (tertiary/aromatic N) is 1. The highest BCUT2D eigenvalue weighted by atomic mass is 32.1. The Kier molecular flexibility index (Phi) is 4.99. The Morgan fingerprint density at radius 1 is 1.15 bits per heavy atom. The SMILES string of the molecule is O=C(COc1ccccc1[N+](=O)[O-])NC(=S)NC1C2CC3CC(C2)CC1C3. The summed E-state index contributed by atoms with van der Waals surface area (Å²) >= 11 is 5.32. The Morgan fingerprint density at radius 2 is 1.78 bits per heavy atom. The van der Waals surface area contributed by atoms with Gasteiger partial charge in [0.1, 0.15) is 0 Å². The number of rotatable bonds is 5. The first-order chi connectivity index (χ1) is 13.0. The summed E-state index contributed by atoms with van der Waals surface area (Å²) in [6.07, 6.45) is 6.46. The van der Waals surface area contributed by atoms with E-state index in [0.717, 1.165) is 11.8 Å². The molecule has 0 unspecified atom stereocenters. The van der Waals surface area contributed by atoms with E-state index in [4.69, 9.17) is 17.0 Å². The third kappa shape index (κ3) is 3.90. The van der Waals surface area contributed by atoms with Crippen LogP contribution < -0.4 is 15.4 Å². The maximum absolute atomic E-state index is 12.1. The van der Waals surface area contributed by atoms with E-state index in [0.29, 0.717) is 23.0 Å². The highest BCUT2D eigenvalue weighted by Crippen LogP contribution is 2.53. The molecule has 27 heavy (non-hydrogen) atoms. The van der Waals surface area contributed by atoms with Crippen molar-refractivity contribution >= 4 is 28.9 Å². The van der Waals surface area contributed by atoms with Crippen molar-refractivity contribution in [2.45, 2.75) is 38.1 Å². The van der Waals surface area contributed by atoms with Crippen molar-refractivity contribution in [1.82, 2.24) is 10.6 Å². The minimum atomic E-state index is -0.536. The summed E-state index contributed by atoms with van der Waals surface area (Å²) < 4.78 is 5.30. The smallest absolute Gasteiger partial charge is 0.310 e. The van der Waals surface area contributed by atoms with Crippen LogP contribution in [0, 0.1) is 33.8 Å². The van der Waals surface area contributed by atoms with Crippen LogP contribution in [0.5, 0.6) is 5.75 Å². The fraction of sp³-hybridized carbons (Fsp3) is 0.579. The normalized spacial score (nSPS) is 30.6. The van der Waals surface area contributed by atoms with Gasteiger partial charge >= 0.3 is 5.69 Å². The molecule has 1 amide bonds. The molecule has 2 N–H and O–H groups in total. The van der Waals surface area contributed by atoms with Gasteiger partial charge in [-0.2, -0.15) is 0 Å². The van der Waals surface area contributed by atoms with Gasteiger partial charge in [0.25, 0.3) is 5.91 Å². The standard InChI is InChI=1S/C19H23N3O4S/c23-17(10-26-16-4-2-1-3-15(16)22(24)25)20-19(27)21-18-13-6-11-5-12(8-13)9-14(18)7-11/h1-4,11-14,18H,5-10H2,(H2,20,21,23,27). The molecule has 0 radical (unpaired) electrons. The fourth-order valence-corrected chi connectivity index (χ4v) is 5.63. The van der Waals surface area contributed by atoms with Gasteiger partial charge in [-0.1, -0.05) is 12.1 Å². The molecule has 4 fully saturated rings. The van der Waals surface area contributed by atoms with Crippen molar-refractivity contribution in [2.75, 3.05) is 6.61 Å². The van der Waals surface area contributed by atoms with E-state index in [-0.39, 0.29) is 18.0 Å². The third-order valence-corrected chi connectivity index (χ3v) is 6.42. The summed E-state index contributed by atoms with van der Waals surface area (Å²) in [6.45, 7) is -0.325. The van der Waals surface area contributed by atoms with E-state index >= 15 is 0 Å². The van der Waals surface area contributed by atoms with Crippen LogP contribution in [-0.4, -0.2) is 28.6 Å². The molecule has 0 saturated heterocycles. The highest BCUT2D eigenvalue weighted by Gasteiger charge is 2.48. The van der Waals surface area contributed by atoms with Gasteiger partial charge in [-0.15, -0.1) is 0 Å². The van der Waals surface area contributed by atoms with Crippen molar-refractivity contribution in [2.24, 2.45) is 23.7 Å². The van der Waals surface area contributed by atoms with E-state index in [9.17, 15) is 14.9 Å². The summed E-state index contributed by atoms with van der Waals surface area (Å²) in [6, 6.07) is 6.33. The van der Waals surface area contributed by atoms with Crippen LogP contribution in [0.2, 0.25) is 0 Å². The third-order valence-electron chi connectivity index (χ3n) is 6.20. The number of hydrogen-bond acceptors (Lipinski definition) is 5. The molecule has 144 valence electrons. The predicted octanol–water partition coefficient (Wildman–Crippen LogP) is 2.79. The van der Waals surface area contributed by atoms with Gasteiger partial charge in [0.15, 0.2) is 17.5 Å². The fourth-order valence-electron chi connectivity index (χ4n) is 5.38. The monoisotopic (exact) mass is 389 g/mol. The van der Waals surface area contributed by atoms with Crippen LogP contribution in [-0.2, 0) is 4.79 Å². The summed E-state index contributed by atoms with van der Waals surface area (Å²) in [5.41, 5.74) is -0.167. The zero-order valence-electron chi connectivity index (χ0n) is 14.9. The zero-order chi connectivity index (χ0) is 19.0. The second-order valence-corrected chi connectivity index (χ2v) is 8.40. The van der Waals surface area contributed by atoms with Crippen LogP contribution in [0.25, 0.3) is 0 Å². The number of nitro benzene ring substituents is 1. The largest absolute Gasteiger partial charge is 0.477 e. The Balaban J connectivity index is 1.28. The first kappa shape index (κ1) is 18.2. The molecule has 8 heteroatoms. The number of amides is 1. The molecule has 5 rings (SSSR count). The molecule has 4 aliphatic carbocycles. The Morgan fingerprint density at radius 3 is 2.41 bits per heavy atom. The van der Waals surface area contributed by atoms with E-state index < -0.39 is 10.8 Å². The maximum atomic E-state index is 12.1. The first-order valence-electron chi connectivity index (χ1n) is 9.46. The van der Waals surface area contributed by atoms with Gasteiger partial charge in [0.2, 0.25) is 0 Å². The molecule has 0 spiro atoms. The second-order valence-electron chi connectivity index (χ2n) is 7.99. The predicted molar refractivity (Wildman–Crippen MR) is 103 cm³/mol. The van der Waals surface area contributed by atoms with E-state index in [1.165, 1.54) is 44.2 Å². The molecule has 0 atom stereocenters. The number of carbonyl (C=O) groups excluding carboxylic acids is 1. The van der Waals surface area contributed by atoms with Crippen molar-refractivity contribution in [3.05, 3.63) is 34.4 Å². The van der Waals surface area contributed by atoms with Crippen molar-refractivity contribution < 1.29 is 14.5 Å². The van der Waals surface area contributed by atoms with Crippen LogP contribution in [0.1, 0.15) is 32.1 Å². The molecule has 4 aliphatic rings. The Bertz CT molecular complexity index is 741. The average Bonchev–Trinajstić information content (AvgIpc) is 2.62. The van der Waals surface area contributed by atoms with Gasteiger partial charge in [-0.3, -0.25) is 14.9 Å². The summed E-state index contributed by atoms with van der Waals surface area (Å²) in [5.74, 6) is 2.71. The van der Waals surface area contributed by atoms with E-state index in [1.807, 2.05) is 0 Å². The van der Waals surface area contributed by atoms with Crippen LogP contribution in [0.15, 0.2) is 24.3 Å². The van der Waals surface area contributed by atoms with Crippen molar-refractivity contribution in [1.29, 1.82) is 0 Å². The molecule has 0 aliphatic heterocycles. The van der Waals surface area contributed by atoms with Crippen LogP contribution in [0.4, 0.5) is 5.69 Å². The van der Waals surface area contributed by atoms with Gasteiger partial charge in [-0.05, 0) is 74.1 Å². The van der Waals surface area contributed by atoms with Gasteiger partial charge in [0.05, 0.1) is 4.92 Å². The van der Waals surface area contributed by atoms with E-state index in [2.05, 4.69) is 10.6 Å². The topological polar surface area (TPSA) is 93.5 Å². The quantitative estimate of drug-likeness (QED) is 0.457. The maximum Gasteiger partial charge on any atom is 0.310 e. The van der Waals surface area contributed by atoms with Crippen LogP contribution >= 0.6 is 12.2 Å². The van der Waals surface area contributed by atoms with Gasteiger partial charge in [-0.25, -0.2) is 0 Å². The lowest BCUT2D eigenvalue weighted by molar-refractivity contribution is -0.385. The molecule has 7 nitrogen and oxygen atoms in total. The number of ether oxygens (including phenoxy) is 1. The molecule has 0 aromatic heterocycles. The van der Waals surface area contributed by atoms with Crippen LogP contribution in [0.3, 0.4) is 0 Å². The van der Waals surface area contributed by atoms with Crippen molar-refractivity contribution in [3.8, 4) is 5.75 Å². The lowest BCUT2D eigenvalue weighted by atomic mass is 9.54. The first-order valence-corrected chi connectivity index (χ1v) is 9.87. The Labute approximate surface area is 163 Å². The number of benzene rings is 1. The minimum Gasteiger partial charge on any atom is -0.477 e. The minimum absolute atomic E-state index is 0.0672. The lowest BCUT2D eigenvalue weighted by Gasteiger charge is -2.54. The average molecular weight is 389 g/mol. The molecular weight excluding hydrogens is 366 g/mol. The van der Waals surface area contributed by atoms with Gasteiger partial charge < -0.3 is 15.4 Å². The molecule has 4 saturated carbocycles. The van der Waals surface area contributed by atoms with Crippen molar-refractivity contribution in [3.63, 3.8) is 0 Å². The summed E-state index contributed by atoms with van der Waals surface area (Å²) in [4.78, 5) is 22.6.